The van der Waals surface area contributed by atoms with E-state index in [1.165, 1.54) is 0 Å². The van der Waals surface area contributed by atoms with Gasteiger partial charge in [0.25, 0.3) is 0 Å². The van der Waals surface area contributed by atoms with Gasteiger partial charge in [-0.25, -0.2) is 0 Å². The molecule has 0 N–H and O–H groups in total. The molecule has 0 aliphatic heterocycles. The first-order valence-electron chi connectivity index (χ1n) is 6.79. The highest BCUT2D eigenvalue weighted by atomic mass is 16.5. The number of carbonyl (C=O) groups excluding carboxylic acids is 1. The fourth-order valence-corrected chi connectivity index (χ4v) is 2.06. The maximum atomic E-state index is 12.1. The summed E-state index contributed by atoms with van der Waals surface area (Å²) in [7, 11) is 0. The molecule has 2 aromatic rings. The number of hydrogen-bond donors (Lipinski definition) is 0. The second-order valence-electron chi connectivity index (χ2n) is 5.82. The fraction of sp³-hybridized carbons (Fsp3) is 0.278. The van der Waals surface area contributed by atoms with E-state index >= 15 is 0 Å². The molecule has 0 spiro atoms. The third kappa shape index (κ3) is 3.47. The minimum Gasteiger partial charge on any atom is -0.485 e. The van der Waals surface area contributed by atoms with Crippen LogP contribution in [0.25, 0.3) is 0 Å². The van der Waals surface area contributed by atoms with E-state index in [-0.39, 0.29) is 17.8 Å². The first kappa shape index (κ1) is 14.3. The van der Waals surface area contributed by atoms with Gasteiger partial charge in [-0.05, 0) is 17.0 Å². The molecule has 0 radical (unpaired) electrons. The molecule has 0 aliphatic carbocycles. The van der Waals surface area contributed by atoms with Crippen LogP contribution in [0.2, 0.25) is 0 Å². The van der Waals surface area contributed by atoms with Gasteiger partial charge < -0.3 is 4.74 Å². The molecule has 20 heavy (non-hydrogen) atoms. The average Bonchev–Trinajstić information content (AvgIpc) is 2.45. The van der Waals surface area contributed by atoms with E-state index in [4.69, 9.17) is 4.74 Å². The zero-order valence-electron chi connectivity index (χ0n) is 12.2. The summed E-state index contributed by atoms with van der Waals surface area (Å²) < 4.78 is 5.73. The van der Waals surface area contributed by atoms with Crippen LogP contribution >= 0.6 is 0 Å². The van der Waals surface area contributed by atoms with Gasteiger partial charge in [-0.1, -0.05) is 69.3 Å². The Hall–Kier alpha value is -2.09. The number of Topliss-reactive ketones (excluding diaryl/α,β-unsaturated/α-hetero) is 1. The quantitative estimate of drug-likeness (QED) is 0.775. The molecule has 0 amide bonds. The van der Waals surface area contributed by atoms with E-state index in [1.807, 2.05) is 42.5 Å². The maximum Gasteiger partial charge on any atom is 0.200 e. The molecule has 0 aromatic heterocycles. The third-order valence-electron chi connectivity index (χ3n) is 3.15. The maximum absolute atomic E-state index is 12.1. The Morgan fingerprint density at radius 1 is 0.950 bits per heavy atom. The van der Waals surface area contributed by atoms with Crippen LogP contribution in [0.4, 0.5) is 0 Å². The molecule has 2 aromatic carbocycles. The molecule has 2 heteroatoms. The van der Waals surface area contributed by atoms with Crippen LogP contribution in [0.5, 0.6) is 5.75 Å². The third-order valence-corrected chi connectivity index (χ3v) is 3.15. The first-order chi connectivity index (χ1) is 9.48. The largest absolute Gasteiger partial charge is 0.485 e. The summed E-state index contributed by atoms with van der Waals surface area (Å²) >= 11 is 0. The van der Waals surface area contributed by atoms with Gasteiger partial charge >= 0.3 is 0 Å². The van der Waals surface area contributed by atoms with E-state index in [1.54, 1.807) is 12.1 Å². The number of para-hydroxylation sites is 1. The minimum atomic E-state index is -0.00755. The number of hydrogen-bond acceptors (Lipinski definition) is 2. The SMILES string of the molecule is CC(C)(C)c1ccccc1OCC(=O)c1ccccc1. The van der Waals surface area contributed by atoms with Crippen molar-refractivity contribution in [1.82, 2.24) is 0 Å². The number of rotatable bonds is 4. The van der Waals surface area contributed by atoms with Crippen LogP contribution in [0.3, 0.4) is 0 Å². The highest BCUT2D eigenvalue weighted by Gasteiger charge is 2.19. The Bertz CT molecular complexity index is 580. The second-order valence-corrected chi connectivity index (χ2v) is 5.82. The monoisotopic (exact) mass is 268 g/mol. The second kappa shape index (κ2) is 5.91. The number of carbonyl (C=O) groups is 1. The minimum absolute atomic E-state index is 0.00527. The molecular formula is C18H20O2. The van der Waals surface area contributed by atoms with Gasteiger partial charge in [0.1, 0.15) is 5.75 Å². The molecule has 0 heterocycles. The Balaban J connectivity index is 2.11. The Kier molecular flexibility index (Phi) is 4.23. The lowest BCUT2D eigenvalue weighted by Crippen LogP contribution is -2.16. The van der Waals surface area contributed by atoms with Crippen LogP contribution in [-0.2, 0) is 5.41 Å². The summed E-state index contributed by atoms with van der Waals surface area (Å²) in [4.78, 5) is 12.1. The molecule has 0 aliphatic rings. The standard InChI is InChI=1S/C18H20O2/c1-18(2,3)15-11-7-8-12-17(15)20-13-16(19)14-9-5-4-6-10-14/h4-12H,13H2,1-3H3. The normalized spacial score (nSPS) is 11.2. The summed E-state index contributed by atoms with van der Waals surface area (Å²) in [6.07, 6.45) is 0. The van der Waals surface area contributed by atoms with E-state index in [2.05, 4.69) is 20.8 Å². The Labute approximate surface area is 120 Å². The summed E-state index contributed by atoms with van der Waals surface area (Å²) in [6.45, 7) is 6.47. The van der Waals surface area contributed by atoms with Crippen LogP contribution in [0, 0.1) is 0 Å². The molecule has 2 nitrogen and oxygen atoms in total. The lowest BCUT2D eigenvalue weighted by Gasteiger charge is -2.22. The molecular weight excluding hydrogens is 248 g/mol. The lowest BCUT2D eigenvalue weighted by molar-refractivity contribution is 0.0920. The zero-order chi connectivity index (χ0) is 14.6. The van der Waals surface area contributed by atoms with E-state index in [0.717, 1.165) is 11.3 Å². The molecule has 0 saturated carbocycles. The summed E-state index contributed by atoms with van der Waals surface area (Å²) in [5.74, 6) is 0.776. The van der Waals surface area contributed by atoms with Crippen molar-refractivity contribution in [2.75, 3.05) is 6.61 Å². The van der Waals surface area contributed by atoms with Crippen LogP contribution in [0.15, 0.2) is 54.6 Å². The van der Waals surface area contributed by atoms with Gasteiger partial charge in [-0.2, -0.15) is 0 Å². The van der Waals surface area contributed by atoms with E-state index in [0.29, 0.717) is 5.56 Å². The number of benzene rings is 2. The van der Waals surface area contributed by atoms with Gasteiger partial charge in [0.2, 0.25) is 0 Å². The smallest absolute Gasteiger partial charge is 0.200 e. The van der Waals surface area contributed by atoms with E-state index < -0.39 is 0 Å². The van der Waals surface area contributed by atoms with Crippen molar-refractivity contribution in [3.05, 3.63) is 65.7 Å². The highest BCUT2D eigenvalue weighted by molar-refractivity contribution is 5.97. The van der Waals surface area contributed by atoms with Crippen molar-refractivity contribution in [3.63, 3.8) is 0 Å². The molecule has 0 fully saturated rings. The molecule has 0 saturated heterocycles. The number of ketones is 1. The predicted octanol–water partition coefficient (Wildman–Crippen LogP) is 4.25. The van der Waals surface area contributed by atoms with E-state index in [9.17, 15) is 4.79 Å². The topological polar surface area (TPSA) is 26.3 Å². The van der Waals surface area contributed by atoms with Crippen LogP contribution in [0.1, 0.15) is 36.7 Å². The van der Waals surface area contributed by atoms with Gasteiger partial charge in [0.05, 0.1) is 0 Å². The summed E-state index contributed by atoms with van der Waals surface area (Å²) in [5, 5.41) is 0. The van der Waals surface area contributed by atoms with Crippen molar-refractivity contribution in [3.8, 4) is 5.75 Å². The zero-order valence-corrected chi connectivity index (χ0v) is 12.2. The Morgan fingerprint density at radius 2 is 1.55 bits per heavy atom. The van der Waals surface area contributed by atoms with Gasteiger partial charge in [-0.3, -0.25) is 4.79 Å². The van der Waals surface area contributed by atoms with Crippen molar-refractivity contribution in [1.29, 1.82) is 0 Å². The molecule has 0 atom stereocenters. The fourth-order valence-electron chi connectivity index (χ4n) is 2.06. The lowest BCUT2D eigenvalue weighted by atomic mass is 9.86. The summed E-state index contributed by atoms with van der Waals surface area (Å²) in [6, 6.07) is 17.1. The Morgan fingerprint density at radius 3 is 2.20 bits per heavy atom. The predicted molar refractivity (Wildman–Crippen MR) is 81.4 cm³/mol. The first-order valence-corrected chi connectivity index (χ1v) is 6.79. The summed E-state index contributed by atoms with van der Waals surface area (Å²) in [5.41, 5.74) is 1.79. The molecule has 0 unspecified atom stereocenters. The van der Waals surface area contributed by atoms with Crippen molar-refractivity contribution in [2.24, 2.45) is 0 Å². The van der Waals surface area contributed by atoms with Gasteiger partial charge in [-0.15, -0.1) is 0 Å². The van der Waals surface area contributed by atoms with Gasteiger partial charge in [0.15, 0.2) is 12.4 Å². The highest BCUT2D eigenvalue weighted by Crippen LogP contribution is 2.30. The van der Waals surface area contributed by atoms with Crippen LogP contribution in [-0.4, -0.2) is 12.4 Å². The van der Waals surface area contributed by atoms with Gasteiger partial charge in [0, 0.05) is 5.56 Å². The molecule has 0 bridgehead atoms. The number of ether oxygens (including phenoxy) is 1. The average molecular weight is 268 g/mol. The molecule has 2 rings (SSSR count). The van der Waals surface area contributed by atoms with Crippen molar-refractivity contribution in [2.45, 2.75) is 26.2 Å². The van der Waals surface area contributed by atoms with Crippen molar-refractivity contribution < 1.29 is 9.53 Å². The van der Waals surface area contributed by atoms with Crippen LogP contribution < -0.4 is 4.74 Å². The molecule has 104 valence electrons. The van der Waals surface area contributed by atoms with Crippen molar-refractivity contribution >= 4 is 5.78 Å².